The lowest BCUT2D eigenvalue weighted by molar-refractivity contribution is -0.144. The van der Waals surface area contributed by atoms with Crippen molar-refractivity contribution in [3.63, 3.8) is 0 Å². The van der Waals surface area contributed by atoms with Crippen molar-refractivity contribution >= 4 is 28.3 Å². The van der Waals surface area contributed by atoms with Crippen LogP contribution in [0.5, 0.6) is 0 Å². The van der Waals surface area contributed by atoms with Gasteiger partial charge in [0.05, 0.1) is 5.69 Å². The van der Waals surface area contributed by atoms with Crippen molar-refractivity contribution in [1.82, 2.24) is 19.8 Å². The molecule has 1 fully saturated rings. The van der Waals surface area contributed by atoms with E-state index < -0.39 is 11.8 Å². The Hall–Kier alpha value is -2.32. The van der Waals surface area contributed by atoms with Crippen LogP contribution in [-0.4, -0.2) is 57.8 Å². The number of fused-ring (bicyclic) bond motifs is 1. The summed E-state index contributed by atoms with van der Waals surface area (Å²) in [4.78, 5) is 39.1. The van der Waals surface area contributed by atoms with E-state index in [0.717, 1.165) is 43.6 Å². The van der Waals surface area contributed by atoms with Crippen molar-refractivity contribution in [2.45, 2.75) is 45.6 Å². The molecule has 0 aromatic carbocycles. The van der Waals surface area contributed by atoms with Gasteiger partial charge in [-0.2, -0.15) is 0 Å². The number of aromatic nitrogens is 2. The van der Waals surface area contributed by atoms with Gasteiger partial charge in [-0.05, 0) is 43.7 Å². The van der Waals surface area contributed by atoms with E-state index in [1.165, 1.54) is 22.6 Å². The summed E-state index contributed by atoms with van der Waals surface area (Å²) in [6.07, 6.45) is 7.97. The summed E-state index contributed by atoms with van der Waals surface area (Å²) < 4.78 is 0. The molecule has 0 saturated carbocycles. The van der Waals surface area contributed by atoms with Crippen molar-refractivity contribution in [2.75, 3.05) is 31.5 Å². The van der Waals surface area contributed by atoms with Gasteiger partial charge in [0.15, 0.2) is 5.13 Å². The van der Waals surface area contributed by atoms with Gasteiger partial charge in [0.25, 0.3) is 0 Å². The first kappa shape index (κ1) is 20.9. The lowest BCUT2D eigenvalue weighted by Gasteiger charge is -2.37. The number of amides is 2. The third kappa shape index (κ3) is 4.54. The van der Waals surface area contributed by atoms with Crippen molar-refractivity contribution in [1.29, 1.82) is 0 Å². The first-order valence-electron chi connectivity index (χ1n) is 10.8. The number of nitrogens with zero attached hydrogens (tertiary/aromatic N) is 4. The Kier molecular flexibility index (Phi) is 6.43. The SMILES string of the molecule is CCC1CCc2nc(NC(=O)C(=O)N3CCN(C(C)c4cccnc4)CC3)sc2C1. The molecule has 4 rings (SSSR count). The Morgan fingerprint density at radius 2 is 2.10 bits per heavy atom. The Bertz CT molecular complexity index is 892. The number of thiazole rings is 1. The molecule has 2 aromatic rings. The second kappa shape index (κ2) is 9.22. The molecule has 1 saturated heterocycles. The fraction of sp³-hybridized carbons (Fsp3) is 0.545. The molecule has 1 aliphatic carbocycles. The topological polar surface area (TPSA) is 78.4 Å². The Labute approximate surface area is 181 Å². The van der Waals surface area contributed by atoms with Crippen LogP contribution in [-0.2, 0) is 22.4 Å². The number of rotatable bonds is 4. The van der Waals surface area contributed by atoms with Crippen LogP contribution in [0.25, 0.3) is 0 Å². The molecule has 2 atom stereocenters. The highest BCUT2D eigenvalue weighted by molar-refractivity contribution is 7.16. The van der Waals surface area contributed by atoms with Gasteiger partial charge in [-0.1, -0.05) is 19.4 Å². The number of hydrogen-bond donors (Lipinski definition) is 1. The molecule has 7 nitrogen and oxygen atoms in total. The van der Waals surface area contributed by atoms with Gasteiger partial charge in [0.1, 0.15) is 0 Å². The third-order valence-corrected chi connectivity index (χ3v) is 7.39. The van der Waals surface area contributed by atoms with Gasteiger partial charge in [0.2, 0.25) is 0 Å². The lowest BCUT2D eigenvalue weighted by Crippen LogP contribution is -2.51. The van der Waals surface area contributed by atoms with E-state index in [2.05, 4.69) is 40.1 Å². The summed E-state index contributed by atoms with van der Waals surface area (Å²) >= 11 is 1.52. The minimum Gasteiger partial charge on any atom is -0.332 e. The zero-order chi connectivity index (χ0) is 21.1. The first-order valence-corrected chi connectivity index (χ1v) is 11.6. The molecule has 30 heavy (non-hydrogen) atoms. The quantitative estimate of drug-likeness (QED) is 0.759. The molecule has 2 unspecified atom stereocenters. The fourth-order valence-corrected chi connectivity index (χ4v) is 5.40. The maximum Gasteiger partial charge on any atom is 0.315 e. The second-order valence-electron chi connectivity index (χ2n) is 8.15. The van der Waals surface area contributed by atoms with E-state index in [9.17, 15) is 9.59 Å². The van der Waals surface area contributed by atoms with E-state index in [0.29, 0.717) is 24.1 Å². The number of piperazine rings is 1. The summed E-state index contributed by atoms with van der Waals surface area (Å²) in [6.45, 7) is 6.93. The van der Waals surface area contributed by atoms with Gasteiger partial charge >= 0.3 is 11.8 Å². The zero-order valence-corrected chi connectivity index (χ0v) is 18.5. The van der Waals surface area contributed by atoms with E-state index >= 15 is 0 Å². The second-order valence-corrected chi connectivity index (χ2v) is 9.23. The van der Waals surface area contributed by atoms with Crippen LogP contribution < -0.4 is 5.32 Å². The van der Waals surface area contributed by atoms with Crippen LogP contribution in [0.4, 0.5) is 5.13 Å². The van der Waals surface area contributed by atoms with Crippen LogP contribution in [0.1, 0.15) is 48.9 Å². The molecule has 0 spiro atoms. The number of carbonyl (C=O) groups is 2. The van der Waals surface area contributed by atoms with E-state index in [-0.39, 0.29) is 6.04 Å². The molecule has 0 radical (unpaired) electrons. The van der Waals surface area contributed by atoms with E-state index in [4.69, 9.17) is 0 Å². The number of nitrogens with one attached hydrogen (secondary N) is 1. The van der Waals surface area contributed by atoms with Gasteiger partial charge in [-0.25, -0.2) is 4.98 Å². The number of pyridine rings is 1. The molecule has 8 heteroatoms. The van der Waals surface area contributed by atoms with Crippen LogP contribution in [0, 0.1) is 5.92 Å². The number of aryl methyl sites for hydroxylation is 1. The Morgan fingerprint density at radius 3 is 2.80 bits per heavy atom. The maximum atomic E-state index is 12.7. The minimum atomic E-state index is -0.582. The molecular formula is C22H29N5O2S. The smallest absolute Gasteiger partial charge is 0.315 e. The van der Waals surface area contributed by atoms with Crippen molar-refractivity contribution in [2.24, 2.45) is 5.92 Å². The van der Waals surface area contributed by atoms with Crippen LogP contribution in [0.3, 0.4) is 0 Å². The van der Waals surface area contributed by atoms with Crippen LogP contribution >= 0.6 is 11.3 Å². The van der Waals surface area contributed by atoms with E-state index in [1.807, 2.05) is 12.3 Å². The molecule has 1 N–H and O–H groups in total. The molecule has 1 aliphatic heterocycles. The molecule has 2 aliphatic rings. The summed E-state index contributed by atoms with van der Waals surface area (Å²) in [5, 5.41) is 3.30. The highest BCUT2D eigenvalue weighted by atomic mass is 32.1. The fourth-order valence-electron chi connectivity index (χ4n) is 4.29. The highest BCUT2D eigenvalue weighted by Gasteiger charge is 2.29. The largest absolute Gasteiger partial charge is 0.332 e. The summed E-state index contributed by atoms with van der Waals surface area (Å²) in [5.41, 5.74) is 2.25. The average Bonchev–Trinajstić information content (AvgIpc) is 3.20. The number of hydrogen-bond acceptors (Lipinski definition) is 6. The first-order chi connectivity index (χ1) is 14.5. The zero-order valence-electron chi connectivity index (χ0n) is 17.6. The highest BCUT2D eigenvalue weighted by Crippen LogP contribution is 2.33. The normalized spacial score (nSPS) is 20.5. The van der Waals surface area contributed by atoms with Gasteiger partial charge in [0, 0.05) is 49.5 Å². The molecule has 2 aromatic heterocycles. The number of carbonyl (C=O) groups excluding carboxylic acids is 2. The number of anilines is 1. The lowest BCUT2D eigenvalue weighted by atomic mass is 9.89. The van der Waals surface area contributed by atoms with Gasteiger partial charge in [-0.15, -0.1) is 11.3 Å². The maximum absolute atomic E-state index is 12.7. The monoisotopic (exact) mass is 427 g/mol. The molecule has 2 amide bonds. The predicted octanol–water partition coefficient (Wildman–Crippen LogP) is 2.90. The molecule has 0 bridgehead atoms. The molecule has 3 heterocycles. The third-order valence-electron chi connectivity index (χ3n) is 6.35. The standard InChI is InChI=1S/C22H29N5O2S/c1-3-16-6-7-18-19(13-16)30-22(24-18)25-20(28)21(29)27-11-9-26(10-12-27)15(2)17-5-4-8-23-14-17/h4-5,8,14-16H,3,6-7,9-13H2,1-2H3,(H,24,25,28). The van der Waals surface area contributed by atoms with Gasteiger partial charge < -0.3 is 4.90 Å². The van der Waals surface area contributed by atoms with Crippen LogP contribution in [0.2, 0.25) is 0 Å². The van der Waals surface area contributed by atoms with Crippen molar-refractivity contribution < 1.29 is 9.59 Å². The van der Waals surface area contributed by atoms with E-state index in [1.54, 1.807) is 11.1 Å². The van der Waals surface area contributed by atoms with Crippen molar-refractivity contribution in [3.05, 3.63) is 40.7 Å². The average molecular weight is 428 g/mol. The molecular weight excluding hydrogens is 398 g/mol. The summed E-state index contributed by atoms with van der Waals surface area (Å²) in [6, 6.07) is 4.24. The Morgan fingerprint density at radius 1 is 1.30 bits per heavy atom. The van der Waals surface area contributed by atoms with Crippen LogP contribution in [0.15, 0.2) is 24.5 Å². The Balaban J connectivity index is 1.30. The van der Waals surface area contributed by atoms with Crippen molar-refractivity contribution in [3.8, 4) is 0 Å². The summed E-state index contributed by atoms with van der Waals surface area (Å²) in [5.74, 6) is -0.348. The summed E-state index contributed by atoms with van der Waals surface area (Å²) in [7, 11) is 0. The predicted molar refractivity (Wildman–Crippen MR) is 117 cm³/mol. The van der Waals surface area contributed by atoms with Gasteiger partial charge in [-0.3, -0.25) is 24.8 Å². The minimum absolute atomic E-state index is 0.235. The molecule has 160 valence electrons.